The van der Waals surface area contributed by atoms with Crippen molar-refractivity contribution in [1.29, 1.82) is 0 Å². The van der Waals surface area contributed by atoms with E-state index in [1.54, 1.807) is 17.0 Å². The minimum Gasteiger partial charge on any atom is -0.399 e. The highest BCUT2D eigenvalue weighted by molar-refractivity contribution is 5.99. The van der Waals surface area contributed by atoms with E-state index in [1.165, 1.54) is 0 Å². The van der Waals surface area contributed by atoms with Gasteiger partial charge in [-0.1, -0.05) is 0 Å². The lowest BCUT2D eigenvalue weighted by Gasteiger charge is -2.23. The fourth-order valence-corrected chi connectivity index (χ4v) is 2.18. The van der Waals surface area contributed by atoms with Gasteiger partial charge in [0.05, 0.1) is 30.7 Å². The molecule has 1 fully saturated rings. The minimum absolute atomic E-state index is 0.199. The SMILES string of the molecule is Nc1ccc2nc(CN3CC(=O)NC(=O)C3)[nH]c2c1. The molecule has 1 aromatic heterocycles. The number of nitrogens with two attached hydrogens (primary N) is 1. The number of carbonyl (C=O) groups excluding carboxylic acids is 2. The van der Waals surface area contributed by atoms with E-state index in [-0.39, 0.29) is 24.9 Å². The number of imidazole rings is 1. The normalized spacial score (nSPS) is 16.8. The maximum absolute atomic E-state index is 11.3. The summed E-state index contributed by atoms with van der Waals surface area (Å²) < 4.78 is 0. The zero-order valence-electron chi connectivity index (χ0n) is 10.1. The molecule has 7 nitrogen and oxygen atoms in total. The van der Waals surface area contributed by atoms with Gasteiger partial charge in [0.1, 0.15) is 5.82 Å². The standard InChI is InChI=1S/C12H13N5O2/c13-7-1-2-8-9(3-7)15-10(14-8)4-17-5-11(18)16-12(19)6-17/h1-3H,4-6,13H2,(H,14,15)(H,16,18,19). The Morgan fingerprint density at radius 2 is 2.00 bits per heavy atom. The number of imide groups is 1. The average molecular weight is 259 g/mol. The van der Waals surface area contributed by atoms with E-state index in [0.29, 0.717) is 18.1 Å². The van der Waals surface area contributed by atoms with E-state index in [9.17, 15) is 9.59 Å². The summed E-state index contributed by atoms with van der Waals surface area (Å²) in [6, 6.07) is 5.42. The van der Waals surface area contributed by atoms with Crippen LogP contribution in [0.2, 0.25) is 0 Å². The van der Waals surface area contributed by atoms with Crippen LogP contribution in [0.5, 0.6) is 0 Å². The highest BCUT2D eigenvalue weighted by Gasteiger charge is 2.23. The first-order valence-electron chi connectivity index (χ1n) is 5.89. The number of aromatic amines is 1. The quantitative estimate of drug-likeness (QED) is 0.503. The van der Waals surface area contributed by atoms with Gasteiger partial charge < -0.3 is 10.7 Å². The van der Waals surface area contributed by atoms with Crippen LogP contribution >= 0.6 is 0 Å². The Morgan fingerprint density at radius 3 is 2.74 bits per heavy atom. The van der Waals surface area contributed by atoms with Crippen LogP contribution in [0.15, 0.2) is 18.2 Å². The molecule has 7 heteroatoms. The Morgan fingerprint density at radius 1 is 1.26 bits per heavy atom. The van der Waals surface area contributed by atoms with Gasteiger partial charge in [-0.15, -0.1) is 0 Å². The lowest BCUT2D eigenvalue weighted by Crippen LogP contribution is -2.50. The zero-order valence-corrected chi connectivity index (χ0v) is 10.1. The Kier molecular flexibility index (Phi) is 2.68. The van der Waals surface area contributed by atoms with Crippen LogP contribution in [0.25, 0.3) is 11.0 Å². The number of nitrogens with zero attached hydrogens (tertiary/aromatic N) is 2. The molecule has 2 heterocycles. The number of nitrogens with one attached hydrogen (secondary N) is 2. The van der Waals surface area contributed by atoms with Gasteiger partial charge in [0.15, 0.2) is 0 Å². The molecule has 0 spiro atoms. The summed E-state index contributed by atoms with van der Waals surface area (Å²) >= 11 is 0. The number of H-pyrrole nitrogens is 1. The summed E-state index contributed by atoms with van der Waals surface area (Å²) in [4.78, 5) is 31.8. The number of rotatable bonds is 2. The van der Waals surface area contributed by atoms with Crippen molar-refractivity contribution in [3.63, 3.8) is 0 Å². The predicted molar refractivity (Wildman–Crippen MR) is 68.9 cm³/mol. The first-order valence-corrected chi connectivity index (χ1v) is 5.89. The number of amides is 2. The molecule has 1 aromatic carbocycles. The number of hydrogen-bond acceptors (Lipinski definition) is 5. The maximum atomic E-state index is 11.3. The fourth-order valence-electron chi connectivity index (χ4n) is 2.18. The van der Waals surface area contributed by atoms with Gasteiger partial charge >= 0.3 is 0 Å². The van der Waals surface area contributed by atoms with Crippen LogP contribution in [-0.4, -0.2) is 39.8 Å². The summed E-state index contributed by atoms with van der Waals surface area (Å²) in [5, 5.41) is 2.26. The molecule has 0 bridgehead atoms. The maximum Gasteiger partial charge on any atom is 0.240 e. The van der Waals surface area contributed by atoms with Crippen molar-refractivity contribution in [2.45, 2.75) is 6.54 Å². The third-order valence-electron chi connectivity index (χ3n) is 2.94. The van der Waals surface area contributed by atoms with Gasteiger partial charge in [-0.05, 0) is 18.2 Å². The van der Waals surface area contributed by atoms with Gasteiger partial charge in [-0.2, -0.15) is 0 Å². The van der Waals surface area contributed by atoms with Crippen LogP contribution in [-0.2, 0) is 16.1 Å². The van der Waals surface area contributed by atoms with Crippen LogP contribution in [0.4, 0.5) is 5.69 Å². The topological polar surface area (TPSA) is 104 Å². The summed E-state index contributed by atoms with van der Waals surface area (Å²) in [5.41, 5.74) is 8.03. The molecule has 3 rings (SSSR count). The summed E-state index contributed by atoms with van der Waals surface area (Å²) in [6.07, 6.45) is 0. The summed E-state index contributed by atoms with van der Waals surface area (Å²) in [6.45, 7) is 0.823. The number of benzene rings is 1. The molecule has 0 radical (unpaired) electrons. The predicted octanol–water partition coefficient (Wildman–Crippen LogP) is -0.396. The molecular weight excluding hydrogens is 246 g/mol. The molecule has 1 aliphatic heterocycles. The highest BCUT2D eigenvalue weighted by Crippen LogP contribution is 2.15. The van der Waals surface area contributed by atoms with Crippen molar-refractivity contribution >= 4 is 28.5 Å². The third kappa shape index (κ3) is 2.41. The summed E-state index contributed by atoms with van der Waals surface area (Å²) in [7, 11) is 0. The summed E-state index contributed by atoms with van der Waals surface area (Å²) in [5.74, 6) is 0.149. The van der Waals surface area contributed by atoms with Crippen LogP contribution < -0.4 is 11.1 Å². The van der Waals surface area contributed by atoms with Crippen molar-refractivity contribution in [3.8, 4) is 0 Å². The van der Waals surface area contributed by atoms with Gasteiger partial charge in [-0.3, -0.25) is 19.8 Å². The lowest BCUT2D eigenvalue weighted by atomic mass is 10.3. The van der Waals surface area contributed by atoms with Crippen molar-refractivity contribution < 1.29 is 9.59 Å². The Labute approximate surface area is 108 Å². The molecule has 0 saturated carbocycles. The minimum atomic E-state index is -0.281. The monoisotopic (exact) mass is 259 g/mol. The van der Waals surface area contributed by atoms with Crippen molar-refractivity contribution in [3.05, 3.63) is 24.0 Å². The van der Waals surface area contributed by atoms with E-state index in [2.05, 4.69) is 15.3 Å². The van der Waals surface area contributed by atoms with Crippen LogP contribution in [0.1, 0.15) is 5.82 Å². The molecule has 4 N–H and O–H groups in total. The molecule has 0 unspecified atom stereocenters. The third-order valence-corrected chi connectivity index (χ3v) is 2.94. The molecule has 2 aromatic rings. The van der Waals surface area contributed by atoms with Gasteiger partial charge in [0, 0.05) is 5.69 Å². The number of anilines is 1. The average Bonchev–Trinajstić information content (AvgIpc) is 2.68. The molecular formula is C12H13N5O2. The number of nitrogen functional groups attached to an aromatic ring is 1. The van der Waals surface area contributed by atoms with E-state index in [1.807, 2.05) is 6.07 Å². The van der Waals surface area contributed by atoms with Crippen molar-refractivity contribution in [1.82, 2.24) is 20.2 Å². The number of aromatic nitrogens is 2. The molecule has 1 saturated heterocycles. The number of fused-ring (bicyclic) bond motifs is 1. The van der Waals surface area contributed by atoms with E-state index >= 15 is 0 Å². The Balaban J connectivity index is 1.81. The number of hydrogen-bond donors (Lipinski definition) is 3. The van der Waals surface area contributed by atoms with Crippen molar-refractivity contribution in [2.24, 2.45) is 0 Å². The van der Waals surface area contributed by atoms with Gasteiger partial charge in [0.25, 0.3) is 0 Å². The first kappa shape index (κ1) is 11.7. The Bertz CT molecular complexity index is 647. The first-order chi connectivity index (χ1) is 9.10. The number of carbonyl (C=O) groups is 2. The molecule has 0 aliphatic carbocycles. The smallest absolute Gasteiger partial charge is 0.240 e. The lowest BCUT2D eigenvalue weighted by molar-refractivity contribution is -0.136. The van der Waals surface area contributed by atoms with Gasteiger partial charge in [-0.25, -0.2) is 4.98 Å². The largest absolute Gasteiger partial charge is 0.399 e. The number of piperazine rings is 1. The second-order valence-corrected chi connectivity index (χ2v) is 4.58. The van der Waals surface area contributed by atoms with E-state index in [4.69, 9.17) is 5.73 Å². The molecule has 2 amide bonds. The van der Waals surface area contributed by atoms with E-state index in [0.717, 1.165) is 11.0 Å². The second kappa shape index (κ2) is 4.36. The van der Waals surface area contributed by atoms with E-state index < -0.39 is 0 Å². The molecule has 19 heavy (non-hydrogen) atoms. The van der Waals surface area contributed by atoms with Gasteiger partial charge in [0.2, 0.25) is 11.8 Å². The second-order valence-electron chi connectivity index (χ2n) is 4.58. The van der Waals surface area contributed by atoms with Crippen LogP contribution in [0.3, 0.4) is 0 Å². The fraction of sp³-hybridized carbons (Fsp3) is 0.250. The molecule has 1 aliphatic rings. The molecule has 98 valence electrons. The van der Waals surface area contributed by atoms with Crippen molar-refractivity contribution in [2.75, 3.05) is 18.8 Å². The molecule has 0 atom stereocenters. The Hall–Kier alpha value is -2.41. The highest BCUT2D eigenvalue weighted by atomic mass is 16.2. The van der Waals surface area contributed by atoms with Crippen LogP contribution in [0, 0.1) is 0 Å². The zero-order chi connectivity index (χ0) is 13.4.